The molecule has 2 aliphatic rings. The van der Waals surface area contributed by atoms with E-state index in [1.807, 2.05) is 56.3 Å². The van der Waals surface area contributed by atoms with Crippen LogP contribution in [-0.2, 0) is 12.2 Å². The number of pyridine rings is 1. The molecule has 0 aliphatic carbocycles. The SMILES string of the molecule is CCN(CC)C(=O)Oc1ccc2c(c1)/C(=C/CCN1CCC(O)(c3ccc(Cl)cc3)CC1)c1cccnc1CO2. The number of carbonyl (C=O) groups is 1. The highest BCUT2D eigenvalue weighted by molar-refractivity contribution is 6.30. The van der Waals surface area contributed by atoms with Gasteiger partial charge in [0.1, 0.15) is 18.1 Å². The van der Waals surface area contributed by atoms with Gasteiger partial charge in [0, 0.05) is 55.1 Å². The number of hydrogen-bond donors (Lipinski definition) is 1. The zero-order valence-corrected chi connectivity index (χ0v) is 23.9. The predicted octanol–water partition coefficient (Wildman–Crippen LogP) is 6.27. The molecule has 1 aromatic heterocycles. The molecule has 5 rings (SSSR count). The first-order valence-corrected chi connectivity index (χ1v) is 14.4. The number of likely N-dealkylation sites (tertiary alicyclic amines) is 1. The summed E-state index contributed by atoms with van der Waals surface area (Å²) in [6, 6.07) is 17.0. The smallest absolute Gasteiger partial charge is 0.415 e. The summed E-state index contributed by atoms with van der Waals surface area (Å²) in [7, 11) is 0. The summed E-state index contributed by atoms with van der Waals surface area (Å²) >= 11 is 6.04. The third kappa shape index (κ3) is 6.17. The van der Waals surface area contributed by atoms with Crippen molar-refractivity contribution in [2.24, 2.45) is 0 Å². The van der Waals surface area contributed by atoms with Crippen LogP contribution < -0.4 is 9.47 Å². The van der Waals surface area contributed by atoms with Crippen LogP contribution in [-0.4, -0.2) is 58.7 Å². The Labute approximate surface area is 241 Å². The number of carbonyl (C=O) groups excluding carboxylic acids is 1. The van der Waals surface area contributed by atoms with Gasteiger partial charge in [-0.1, -0.05) is 35.9 Å². The van der Waals surface area contributed by atoms with Gasteiger partial charge in [-0.15, -0.1) is 0 Å². The summed E-state index contributed by atoms with van der Waals surface area (Å²) < 4.78 is 11.8. The van der Waals surface area contributed by atoms with Gasteiger partial charge in [0.2, 0.25) is 0 Å². The number of nitrogens with zero attached hydrogens (tertiary/aromatic N) is 3. The molecule has 2 aliphatic heterocycles. The van der Waals surface area contributed by atoms with Gasteiger partial charge in [-0.05, 0) is 80.6 Å². The third-order valence-electron chi connectivity index (χ3n) is 7.87. The van der Waals surface area contributed by atoms with Gasteiger partial charge in [0.25, 0.3) is 0 Å². The summed E-state index contributed by atoms with van der Waals surface area (Å²) in [5.74, 6) is 1.22. The second-order valence-corrected chi connectivity index (χ2v) is 10.7. The van der Waals surface area contributed by atoms with E-state index in [0.717, 1.165) is 59.8 Å². The Morgan fingerprint density at radius 2 is 1.88 bits per heavy atom. The quantitative estimate of drug-likeness (QED) is 0.366. The molecule has 1 saturated heterocycles. The van der Waals surface area contributed by atoms with E-state index < -0.39 is 5.60 Å². The Morgan fingerprint density at radius 3 is 2.60 bits per heavy atom. The molecule has 210 valence electrons. The molecule has 1 fully saturated rings. The van der Waals surface area contributed by atoms with Crippen LogP contribution in [0.1, 0.15) is 55.5 Å². The van der Waals surface area contributed by atoms with Crippen LogP contribution in [0.3, 0.4) is 0 Å². The Kier molecular flexibility index (Phi) is 8.74. The average Bonchev–Trinajstić information content (AvgIpc) is 3.12. The first-order chi connectivity index (χ1) is 19.4. The lowest BCUT2D eigenvalue weighted by atomic mass is 9.84. The number of amides is 1. The summed E-state index contributed by atoms with van der Waals surface area (Å²) in [5, 5.41) is 11.9. The van der Waals surface area contributed by atoms with Crippen LogP contribution in [0.4, 0.5) is 4.79 Å². The first-order valence-electron chi connectivity index (χ1n) is 14.0. The number of fused-ring (bicyclic) bond motifs is 2. The molecule has 1 amide bonds. The van der Waals surface area contributed by atoms with Crippen LogP contribution in [0.2, 0.25) is 5.02 Å². The fourth-order valence-electron chi connectivity index (χ4n) is 5.45. The van der Waals surface area contributed by atoms with Crippen LogP contribution in [0.15, 0.2) is 66.9 Å². The highest BCUT2D eigenvalue weighted by Gasteiger charge is 2.33. The maximum atomic E-state index is 12.6. The number of aliphatic hydroxyl groups is 1. The van der Waals surface area contributed by atoms with Crippen molar-refractivity contribution in [1.29, 1.82) is 0 Å². The van der Waals surface area contributed by atoms with Gasteiger partial charge in [-0.2, -0.15) is 0 Å². The van der Waals surface area contributed by atoms with E-state index in [2.05, 4.69) is 22.0 Å². The Balaban J connectivity index is 1.33. The number of piperidine rings is 1. The van der Waals surface area contributed by atoms with Crippen molar-refractivity contribution in [3.63, 3.8) is 0 Å². The van der Waals surface area contributed by atoms with Crippen LogP contribution >= 0.6 is 11.6 Å². The number of aromatic nitrogens is 1. The fourth-order valence-corrected chi connectivity index (χ4v) is 5.58. The monoisotopic (exact) mass is 561 g/mol. The molecular formula is C32H36ClN3O4. The van der Waals surface area contributed by atoms with Gasteiger partial charge in [0.15, 0.2) is 0 Å². The largest absolute Gasteiger partial charge is 0.487 e. The van der Waals surface area contributed by atoms with Crippen molar-refractivity contribution in [2.45, 2.75) is 45.3 Å². The second-order valence-electron chi connectivity index (χ2n) is 10.3. The van der Waals surface area contributed by atoms with Crippen molar-refractivity contribution < 1.29 is 19.4 Å². The van der Waals surface area contributed by atoms with Gasteiger partial charge in [0.05, 0.1) is 11.3 Å². The zero-order chi connectivity index (χ0) is 28.1. The van der Waals surface area contributed by atoms with Crippen molar-refractivity contribution in [3.8, 4) is 11.5 Å². The summed E-state index contributed by atoms with van der Waals surface area (Å²) in [6.45, 7) is 7.89. The molecule has 0 spiro atoms. The van der Waals surface area contributed by atoms with Gasteiger partial charge in [-0.3, -0.25) is 4.98 Å². The highest BCUT2D eigenvalue weighted by Crippen LogP contribution is 2.39. The Morgan fingerprint density at radius 1 is 1.12 bits per heavy atom. The number of rotatable bonds is 7. The molecule has 40 heavy (non-hydrogen) atoms. The van der Waals surface area contributed by atoms with E-state index in [4.69, 9.17) is 21.1 Å². The van der Waals surface area contributed by atoms with Crippen molar-refractivity contribution in [2.75, 3.05) is 32.7 Å². The van der Waals surface area contributed by atoms with Gasteiger partial charge < -0.3 is 24.4 Å². The minimum Gasteiger partial charge on any atom is -0.487 e. The first kappa shape index (κ1) is 28.1. The number of benzene rings is 2. The maximum Gasteiger partial charge on any atom is 0.415 e. The minimum atomic E-state index is -0.819. The minimum absolute atomic E-state index is 0.365. The highest BCUT2D eigenvalue weighted by atomic mass is 35.5. The topological polar surface area (TPSA) is 75.1 Å². The van der Waals surface area contributed by atoms with Gasteiger partial charge >= 0.3 is 6.09 Å². The summed E-state index contributed by atoms with van der Waals surface area (Å²) in [5.41, 5.74) is 3.90. The third-order valence-corrected chi connectivity index (χ3v) is 8.12. The Hall–Kier alpha value is -3.39. The molecule has 7 nitrogen and oxygen atoms in total. The lowest BCUT2D eigenvalue weighted by Crippen LogP contribution is -2.42. The molecule has 0 atom stereocenters. The van der Waals surface area contributed by atoms with Crippen LogP contribution in [0.25, 0.3) is 5.57 Å². The zero-order valence-electron chi connectivity index (χ0n) is 23.1. The van der Waals surface area contributed by atoms with E-state index in [9.17, 15) is 9.90 Å². The van der Waals surface area contributed by atoms with Crippen molar-refractivity contribution >= 4 is 23.3 Å². The summed E-state index contributed by atoms with van der Waals surface area (Å²) in [4.78, 5) is 21.2. The lowest BCUT2D eigenvalue weighted by Gasteiger charge is -2.38. The molecule has 2 aromatic carbocycles. The molecule has 3 heterocycles. The maximum absolute atomic E-state index is 12.6. The van der Waals surface area contributed by atoms with E-state index in [1.54, 1.807) is 17.2 Å². The lowest BCUT2D eigenvalue weighted by molar-refractivity contribution is -0.0254. The predicted molar refractivity (Wildman–Crippen MR) is 157 cm³/mol. The van der Waals surface area contributed by atoms with E-state index in [1.165, 1.54) is 0 Å². The standard InChI is InChI=1S/C32H36ClN3O4/c1-3-36(4-2)31(37)40-25-13-14-30-28(21-25)26(27-7-5-17-34-29(27)22-39-30)8-6-18-35-19-15-32(38,16-20-35)23-9-11-24(33)12-10-23/h5,7-14,17,21,38H,3-4,6,15-16,18-20,22H2,1-2H3/b26-8+. The number of ether oxygens (including phenoxy) is 2. The fraction of sp³-hybridized carbons (Fsp3) is 0.375. The van der Waals surface area contributed by atoms with Crippen LogP contribution in [0, 0.1) is 0 Å². The Bertz CT molecular complexity index is 1360. The van der Waals surface area contributed by atoms with Crippen molar-refractivity contribution in [3.05, 3.63) is 94.3 Å². The molecule has 0 bridgehead atoms. The van der Waals surface area contributed by atoms with E-state index in [0.29, 0.717) is 43.3 Å². The van der Waals surface area contributed by atoms with Crippen molar-refractivity contribution in [1.82, 2.24) is 14.8 Å². The number of hydrogen-bond acceptors (Lipinski definition) is 6. The average molecular weight is 562 g/mol. The molecule has 0 radical (unpaired) electrons. The molecule has 1 N–H and O–H groups in total. The molecular weight excluding hydrogens is 526 g/mol. The molecule has 3 aromatic rings. The van der Waals surface area contributed by atoms with E-state index in [-0.39, 0.29) is 6.09 Å². The summed E-state index contributed by atoms with van der Waals surface area (Å²) in [6.07, 6.45) is 5.81. The van der Waals surface area contributed by atoms with Gasteiger partial charge in [-0.25, -0.2) is 4.79 Å². The molecule has 8 heteroatoms. The van der Waals surface area contributed by atoms with Crippen LogP contribution in [0.5, 0.6) is 11.5 Å². The normalized spacial score (nSPS) is 17.4. The second kappa shape index (κ2) is 12.4. The molecule has 0 saturated carbocycles. The molecule has 0 unspecified atom stereocenters. The number of halogens is 1. The van der Waals surface area contributed by atoms with E-state index >= 15 is 0 Å².